The largest absolute Gasteiger partial charge is 0.389 e. The first kappa shape index (κ1) is 12.8. The predicted octanol–water partition coefficient (Wildman–Crippen LogP) is 2.11. The molecule has 1 aromatic heterocycles. The molecule has 6 heteroatoms. The van der Waals surface area contributed by atoms with E-state index in [4.69, 9.17) is 0 Å². The topological polar surface area (TPSA) is 66.0 Å². The second kappa shape index (κ2) is 5.32. The van der Waals surface area contributed by atoms with Crippen molar-refractivity contribution < 1.29 is 9.50 Å². The first-order valence-corrected chi connectivity index (χ1v) is 6.08. The summed E-state index contributed by atoms with van der Waals surface area (Å²) in [5, 5.41) is 9.66. The Bertz CT molecular complexity index is 613. The first-order valence-electron chi connectivity index (χ1n) is 5.27. The maximum Gasteiger partial charge on any atom is 0.251 e. The van der Waals surface area contributed by atoms with E-state index in [1.54, 1.807) is 19.1 Å². The third kappa shape index (κ3) is 2.96. The van der Waals surface area contributed by atoms with Crippen LogP contribution in [-0.4, -0.2) is 15.1 Å². The Balaban J connectivity index is 2.27. The molecule has 0 saturated carbocycles. The molecular weight excluding hydrogens is 255 g/mol. The number of nitrogens with one attached hydrogen (secondary N) is 1. The summed E-state index contributed by atoms with van der Waals surface area (Å²) in [5.74, 6) is -0.454. The molecule has 0 unspecified atom stereocenters. The summed E-state index contributed by atoms with van der Waals surface area (Å²) >= 11 is 1.03. The van der Waals surface area contributed by atoms with Gasteiger partial charge in [-0.25, -0.2) is 9.37 Å². The SMILES string of the molecule is C[C@@H](O)c1ccc(Sc2nccc(=O)[nH]2)c(F)c1. The quantitative estimate of drug-likeness (QED) is 0.835. The van der Waals surface area contributed by atoms with Gasteiger partial charge in [0, 0.05) is 12.3 Å². The molecule has 1 aromatic carbocycles. The molecule has 94 valence electrons. The number of aromatic nitrogens is 2. The summed E-state index contributed by atoms with van der Waals surface area (Å²) in [5.41, 5.74) is 0.222. The Morgan fingerprint density at radius 3 is 2.83 bits per heavy atom. The molecule has 4 nitrogen and oxygen atoms in total. The molecule has 0 amide bonds. The minimum atomic E-state index is -0.715. The molecule has 1 heterocycles. The van der Waals surface area contributed by atoms with E-state index in [9.17, 15) is 14.3 Å². The van der Waals surface area contributed by atoms with Crippen molar-refractivity contribution in [3.8, 4) is 0 Å². The van der Waals surface area contributed by atoms with Crippen LogP contribution in [0.1, 0.15) is 18.6 Å². The van der Waals surface area contributed by atoms with Gasteiger partial charge in [0.15, 0.2) is 5.16 Å². The lowest BCUT2D eigenvalue weighted by molar-refractivity contribution is 0.198. The van der Waals surface area contributed by atoms with Gasteiger partial charge in [-0.3, -0.25) is 4.79 Å². The van der Waals surface area contributed by atoms with Crippen molar-refractivity contribution >= 4 is 11.8 Å². The summed E-state index contributed by atoms with van der Waals surface area (Å²) in [4.78, 5) is 17.8. The molecule has 0 aliphatic rings. The Morgan fingerprint density at radius 1 is 1.44 bits per heavy atom. The van der Waals surface area contributed by atoms with Crippen molar-refractivity contribution in [2.24, 2.45) is 0 Å². The van der Waals surface area contributed by atoms with Gasteiger partial charge in [-0.2, -0.15) is 0 Å². The second-order valence-electron chi connectivity index (χ2n) is 3.71. The monoisotopic (exact) mass is 266 g/mol. The number of rotatable bonds is 3. The van der Waals surface area contributed by atoms with Gasteiger partial charge >= 0.3 is 0 Å². The van der Waals surface area contributed by atoms with Crippen molar-refractivity contribution in [3.63, 3.8) is 0 Å². The van der Waals surface area contributed by atoms with Gasteiger partial charge in [0.05, 0.1) is 11.0 Å². The van der Waals surface area contributed by atoms with Crippen LogP contribution in [0.2, 0.25) is 0 Å². The average molecular weight is 266 g/mol. The zero-order valence-corrected chi connectivity index (χ0v) is 10.4. The highest BCUT2D eigenvalue weighted by Crippen LogP contribution is 2.28. The Morgan fingerprint density at radius 2 is 2.22 bits per heavy atom. The highest BCUT2D eigenvalue weighted by molar-refractivity contribution is 7.99. The molecule has 0 aliphatic heterocycles. The van der Waals surface area contributed by atoms with Crippen LogP contribution in [0.4, 0.5) is 4.39 Å². The number of benzene rings is 1. The smallest absolute Gasteiger partial charge is 0.251 e. The van der Waals surface area contributed by atoms with E-state index in [0.717, 1.165) is 11.8 Å². The van der Waals surface area contributed by atoms with Crippen LogP contribution in [0.25, 0.3) is 0 Å². The number of H-pyrrole nitrogens is 1. The summed E-state index contributed by atoms with van der Waals surface area (Å²) in [6, 6.07) is 5.75. The van der Waals surface area contributed by atoms with Gasteiger partial charge in [-0.1, -0.05) is 6.07 Å². The molecular formula is C12H11FN2O2S. The van der Waals surface area contributed by atoms with E-state index in [1.165, 1.54) is 18.3 Å². The fourth-order valence-corrected chi connectivity index (χ4v) is 2.13. The van der Waals surface area contributed by atoms with E-state index < -0.39 is 11.9 Å². The molecule has 0 saturated heterocycles. The van der Waals surface area contributed by atoms with Crippen molar-refractivity contribution in [1.29, 1.82) is 0 Å². The normalized spacial score (nSPS) is 12.4. The molecule has 2 rings (SSSR count). The Kier molecular flexibility index (Phi) is 3.78. The van der Waals surface area contributed by atoms with E-state index in [1.807, 2.05) is 0 Å². The number of aromatic amines is 1. The third-order valence-electron chi connectivity index (χ3n) is 2.29. The maximum atomic E-state index is 13.7. The minimum Gasteiger partial charge on any atom is -0.389 e. The van der Waals surface area contributed by atoms with E-state index in [2.05, 4.69) is 9.97 Å². The first-order chi connectivity index (χ1) is 8.56. The maximum absolute atomic E-state index is 13.7. The Labute approximate surface area is 107 Å². The standard InChI is InChI=1S/C12H11FN2O2S/c1-7(16)8-2-3-10(9(13)6-8)18-12-14-5-4-11(17)15-12/h2-7,16H,1H3,(H,14,15,17)/t7-/m1/s1. The van der Waals surface area contributed by atoms with Crippen LogP contribution in [0.15, 0.2) is 45.3 Å². The van der Waals surface area contributed by atoms with Crippen molar-refractivity contribution in [3.05, 3.63) is 52.2 Å². The Hall–Kier alpha value is -1.66. The fourth-order valence-electron chi connectivity index (χ4n) is 1.37. The molecule has 0 spiro atoms. The van der Waals surface area contributed by atoms with Gasteiger partial charge < -0.3 is 10.1 Å². The minimum absolute atomic E-state index is 0.284. The molecule has 1 atom stereocenters. The van der Waals surface area contributed by atoms with E-state index >= 15 is 0 Å². The molecule has 2 aromatic rings. The molecule has 18 heavy (non-hydrogen) atoms. The van der Waals surface area contributed by atoms with Crippen molar-refractivity contribution in [2.75, 3.05) is 0 Å². The van der Waals surface area contributed by atoms with Crippen LogP contribution < -0.4 is 5.56 Å². The van der Waals surface area contributed by atoms with Crippen LogP contribution in [0, 0.1) is 5.82 Å². The number of aliphatic hydroxyl groups excluding tert-OH is 1. The van der Waals surface area contributed by atoms with E-state index in [0.29, 0.717) is 15.6 Å². The fraction of sp³-hybridized carbons (Fsp3) is 0.167. The van der Waals surface area contributed by atoms with Gasteiger partial charge in [0.2, 0.25) is 0 Å². The average Bonchev–Trinajstić information content (AvgIpc) is 2.31. The third-order valence-corrected chi connectivity index (χ3v) is 3.24. The van der Waals surface area contributed by atoms with Crippen LogP contribution in [0.5, 0.6) is 0 Å². The number of hydrogen-bond donors (Lipinski definition) is 2. The second-order valence-corrected chi connectivity index (χ2v) is 4.74. The van der Waals surface area contributed by atoms with Gasteiger partial charge in [-0.05, 0) is 36.4 Å². The van der Waals surface area contributed by atoms with Crippen LogP contribution >= 0.6 is 11.8 Å². The molecule has 0 radical (unpaired) electrons. The number of aliphatic hydroxyl groups is 1. The van der Waals surface area contributed by atoms with Crippen molar-refractivity contribution in [1.82, 2.24) is 9.97 Å². The number of hydrogen-bond acceptors (Lipinski definition) is 4. The summed E-state index contributed by atoms with van der Waals surface area (Å²) < 4.78 is 13.7. The highest BCUT2D eigenvalue weighted by Gasteiger charge is 2.09. The molecule has 2 N–H and O–H groups in total. The zero-order valence-electron chi connectivity index (χ0n) is 9.55. The van der Waals surface area contributed by atoms with Crippen molar-refractivity contribution in [2.45, 2.75) is 23.1 Å². The summed E-state index contributed by atoms with van der Waals surface area (Å²) in [6.07, 6.45) is 0.650. The molecule has 0 bridgehead atoms. The van der Waals surface area contributed by atoms with Crippen LogP contribution in [-0.2, 0) is 0 Å². The van der Waals surface area contributed by atoms with Crippen LogP contribution in [0.3, 0.4) is 0 Å². The van der Waals surface area contributed by atoms with Gasteiger partial charge in [0.25, 0.3) is 5.56 Å². The number of nitrogens with zero attached hydrogens (tertiary/aromatic N) is 1. The van der Waals surface area contributed by atoms with E-state index in [-0.39, 0.29) is 5.56 Å². The number of halogens is 1. The lowest BCUT2D eigenvalue weighted by atomic mass is 10.1. The lowest BCUT2D eigenvalue weighted by Gasteiger charge is -2.07. The molecule has 0 fully saturated rings. The lowest BCUT2D eigenvalue weighted by Crippen LogP contribution is -2.05. The van der Waals surface area contributed by atoms with Gasteiger partial charge in [-0.15, -0.1) is 0 Å². The summed E-state index contributed by atoms with van der Waals surface area (Å²) in [6.45, 7) is 1.57. The zero-order chi connectivity index (χ0) is 13.1. The van der Waals surface area contributed by atoms with Gasteiger partial charge in [0.1, 0.15) is 5.82 Å². The molecule has 0 aliphatic carbocycles. The highest BCUT2D eigenvalue weighted by atomic mass is 32.2. The predicted molar refractivity (Wildman–Crippen MR) is 66.0 cm³/mol. The summed E-state index contributed by atoms with van der Waals surface area (Å²) in [7, 11) is 0.